The lowest BCUT2D eigenvalue weighted by Gasteiger charge is -2.38. The molecule has 0 saturated carbocycles. The number of likely N-dealkylation sites (tertiary alicyclic amines) is 1. The van der Waals surface area contributed by atoms with E-state index in [1.54, 1.807) is 6.07 Å². The molecule has 1 aromatic rings. The number of benzene rings is 1. The molecule has 1 saturated heterocycles. The van der Waals surface area contributed by atoms with Crippen molar-refractivity contribution in [1.82, 2.24) is 10.2 Å². The highest BCUT2D eigenvalue weighted by molar-refractivity contribution is 5.79. The van der Waals surface area contributed by atoms with E-state index in [4.69, 9.17) is 4.74 Å². The van der Waals surface area contributed by atoms with E-state index in [0.29, 0.717) is 43.5 Å². The van der Waals surface area contributed by atoms with Crippen molar-refractivity contribution in [2.75, 3.05) is 26.2 Å². The van der Waals surface area contributed by atoms with Gasteiger partial charge < -0.3 is 10.1 Å². The zero-order chi connectivity index (χ0) is 17.5. The highest BCUT2D eigenvalue weighted by atomic mass is 19.1. The van der Waals surface area contributed by atoms with Crippen molar-refractivity contribution < 1.29 is 13.9 Å². The molecule has 134 valence electrons. The fourth-order valence-electron chi connectivity index (χ4n) is 2.66. The molecule has 0 radical (unpaired) electrons. The van der Waals surface area contributed by atoms with Crippen LogP contribution in [0.4, 0.5) is 4.39 Å². The van der Waals surface area contributed by atoms with Crippen LogP contribution in [-0.4, -0.2) is 37.0 Å². The Morgan fingerprint density at radius 1 is 1.42 bits per heavy atom. The minimum Gasteiger partial charge on any atom is -0.493 e. The minimum absolute atomic E-state index is 0.0400. The molecule has 1 aromatic carbocycles. The van der Waals surface area contributed by atoms with Gasteiger partial charge in [-0.2, -0.15) is 0 Å². The van der Waals surface area contributed by atoms with E-state index >= 15 is 0 Å². The lowest BCUT2D eigenvalue weighted by atomic mass is 9.98. The van der Waals surface area contributed by atoms with E-state index in [0.717, 1.165) is 19.4 Å². The van der Waals surface area contributed by atoms with Crippen LogP contribution in [0.15, 0.2) is 18.2 Å². The zero-order valence-corrected chi connectivity index (χ0v) is 15.0. The van der Waals surface area contributed by atoms with Crippen LogP contribution < -0.4 is 10.1 Å². The summed E-state index contributed by atoms with van der Waals surface area (Å²) in [5.74, 6) is 1.07. The van der Waals surface area contributed by atoms with Crippen LogP contribution in [-0.2, 0) is 11.3 Å². The van der Waals surface area contributed by atoms with Crippen LogP contribution in [0, 0.1) is 17.7 Å². The van der Waals surface area contributed by atoms with Crippen molar-refractivity contribution >= 4 is 5.91 Å². The maximum Gasteiger partial charge on any atom is 0.225 e. The van der Waals surface area contributed by atoms with E-state index in [2.05, 4.69) is 24.1 Å². The smallest absolute Gasteiger partial charge is 0.225 e. The Labute approximate surface area is 144 Å². The van der Waals surface area contributed by atoms with E-state index in [1.165, 1.54) is 6.07 Å². The van der Waals surface area contributed by atoms with Crippen LogP contribution in [0.2, 0.25) is 0 Å². The third-order valence-electron chi connectivity index (χ3n) is 4.26. The summed E-state index contributed by atoms with van der Waals surface area (Å²) < 4.78 is 19.8. The van der Waals surface area contributed by atoms with Gasteiger partial charge in [0.05, 0.1) is 12.5 Å². The number of amides is 1. The van der Waals surface area contributed by atoms with Gasteiger partial charge in [-0.05, 0) is 24.8 Å². The van der Waals surface area contributed by atoms with Gasteiger partial charge in [0.15, 0.2) is 0 Å². The second-order valence-electron chi connectivity index (χ2n) is 6.97. The Hall–Kier alpha value is -1.62. The summed E-state index contributed by atoms with van der Waals surface area (Å²) in [5, 5.41) is 2.91. The molecule has 0 unspecified atom stereocenters. The summed E-state index contributed by atoms with van der Waals surface area (Å²) in [6, 6.07) is 5.06. The van der Waals surface area contributed by atoms with Gasteiger partial charge in [0.1, 0.15) is 11.6 Å². The molecule has 1 aliphatic heterocycles. The standard InChI is InChI=1S/C19H29FN2O2/c1-4-8-21-19(23)16-12-22(13-16)11-15-5-6-17(10-18(15)20)24-9-7-14(2)3/h5-6,10,14,16H,4,7-9,11-13H2,1-3H3,(H,21,23). The fraction of sp³-hybridized carbons (Fsp3) is 0.632. The highest BCUT2D eigenvalue weighted by Crippen LogP contribution is 2.23. The number of carbonyl (C=O) groups excluding carboxylic acids is 1. The molecule has 1 aliphatic rings. The molecular formula is C19H29FN2O2. The van der Waals surface area contributed by atoms with Crippen LogP contribution in [0.5, 0.6) is 5.75 Å². The molecule has 2 rings (SSSR count). The Morgan fingerprint density at radius 3 is 2.79 bits per heavy atom. The number of halogens is 1. The molecule has 0 aliphatic carbocycles. The summed E-state index contributed by atoms with van der Waals surface area (Å²) in [7, 11) is 0. The van der Waals surface area contributed by atoms with Gasteiger partial charge >= 0.3 is 0 Å². The molecule has 1 fully saturated rings. The van der Waals surface area contributed by atoms with Gasteiger partial charge in [-0.1, -0.05) is 26.8 Å². The van der Waals surface area contributed by atoms with E-state index < -0.39 is 0 Å². The van der Waals surface area contributed by atoms with Gasteiger partial charge in [0.25, 0.3) is 0 Å². The first-order valence-corrected chi connectivity index (χ1v) is 8.90. The highest BCUT2D eigenvalue weighted by Gasteiger charge is 2.32. The monoisotopic (exact) mass is 336 g/mol. The Kier molecular flexibility index (Phi) is 7.03. The molecule has 0 aromatic heterocycles. The normalized spacial score (nSPS) is 15.4. The number of hydrogen-bond donors (Lipinski definition) is 1. The van der Waals surface area contributed by atoms with Gasteiger partial charge in [-0.3, -0.25) is 9.69 Å². The van der Waals surface area contributed by atoms with Gasteiger partial charge in [-0.25, -0.2) is 4.39 Å². The molecular weight excluding hydrogens is 307 g/mol. The van der Waals surface area contributed by atoms with E-state index in [9.17, 15) is 9.18 Å². The molecule has 0 bridgehead atoms. The van der Waals surface area contributed by atoms with Crippen LogP contribution in [0.1, 0.15) is 39.2 Å². The quantitative estimate of drug-likeness (QED) is 0.753. The second kappa shape index (κ2) is 9.02. The van der Waals surface area contributed by atoms with Crippen molar-refractivity contribution in [3.63, 3.8) is 0 Å². The topological polar surface area (TPSA) is 41.6 Å². The van der Waals surface area contributed by atoms with Gasteiger partial charge in [-0.15, -0.1) is 0 Å². The molecule has 5 heteroatoms. The number of rotatable bonds is 9. The third kappa shape index (κ3) is 5.48. The largest absolute Gasteiger partial charge is 0.493 e. The van der Waals surface area contributed by atoms with Gasteiger partial charge in [0, 0.05) is 37.8 Å². The lowest BCUT2D eigenvalue weighted by molar-refractivity contribution is -0.130. The second-order valence-corrected chi connectivity index (χ2v) is 6.97. The van der Waals surface area contributed by atoms with Crippen LogP contribution >= 0.6 is 0 Å². The van der Waals surface area contributed by atoms with Crippen molar-refractivity contribution in [2.45, 2.75) is 40.2 Å². The molecule has 0 atom stereocenters. The SMILES string of the molecule is CCCNC(=O)C1CN(Cc2ccc(OCCC(C)C)cc2F)C1. The predicted octanol–water partition coefficient (Wildman–Crippen LogP) is 3.21. The summed E-state index contributed by atoms with van der Waals surface area (Å²) in [4.78, 5) is 13.9. The fourth-order valence-corrected chi connectivity index (χ4v) is 2.66. The van der Waals surface area contributed by atoms with E-state index in [1.807, 2.05) is 13.0 Å². The Balaban J connectivity index is 1.77. The van der Waals surface area contributed by atoms with Crippen molar-refractivity contribution in [3.8, 4) is 5.75 Å². The molecule has 1 heterocycles. The first-order valence-electron chi connectivity index (χ1n) is 8.90. The van der Waals surface area contributed by atoms with Gasteiger partial charge in [0.2, 0.25) is 5.91 Å². The third-order valence-corrected chi connectivity index (χ3v) is 4.26. The lowest BCUT2D eigenvalue weighted by Crippen LogP contribution is -2.53. The number of nitrogens with one attached hydrogen (secondary N) is 1. The molecule has 4 nitrogen and oxygen atoms in total. The molecule has 1 amide bonds. The summed E-state index contributed by atoms with van der Waals surface area (Å²) >= 11 is 0. The maximum absolute atomic E-state index is 14.2. The number of carbonyl (C=O) groups is 1. The average molecular weight is 336 g/mol. The van der Waals surface area contributed by atoms with Crippen molar-refractivity contribution in [3.05, 3.63) is 29.6 Å². The first kappa shape index (κ1) is 18.7. The van der Waals surface area contributed by atoms with E-state index in [-0.39, 0.29) is 17.6 Å². The first-order chi connectivity index (χ1) is 11.5. The Bertz CT molecular complexity index is 542. The number of hydrogen-bond acceptors (Lipinski definition) is 3. The molecule has 24 heavy (non-hydrogen) atoms. The van der Waals surface area contributed by atoms with Crippen LogP contribution in [0.3, 0.4) is 0 Å². The van der Waals surface area contributed by atoms with Crippen molar-refractivity contribution in [2.24, 2.45) is 11.8 Å². The molecule has 0 spiro atoms. The minimum atomic E-state index is -0.240. The summed E-state index contributed by atoms with van der Waals surface area (Å²) in [5.41, 5.74) is 0.652. The Morgan fingerprint density at radius 2 is 2.17 bits per heavy atom. The number of nitrogens with zero attached hydrogens (tertiary/aromatic N) is 1. The summed E-state index contributed by atoms with van der Waals surface area (Å²) in [6.07, 6.45) is 1.90. The zero-order valence-electron chi connectivity index (χ0n) is 15.0. The molecule has 1 N–H and O–H groups in total. The summed E-state index contributed by atoms with van der Waals surface area (Å²) in [6.45, 7) is 9.57. The maximum atomic E-state index is 14.2. The average Bonchev–Trinajstić information content (AvgIpc) is 2.49. The van der Waals surface area contributed by atoms with Crippen molar-refractivity contribution in [1.29, 1.82) is 0 Å². The number of ether oxygens (including phenoxy) is 1. The predicted molar refractivity (Wildman–Crippen MR) is 93.4 cm³/mol. The van der Waals surface area contributed by atoms with Crippen LogP contribution in [0.25, 0.3) is 0 Å².